The normalized spacial score (nSPS) is 13.6. The summed E-state index contributed by atoms with van der Waals surface area (Å²) < 4.78 is 4.99. The van der Waals surface area contributed by atoms with Gasteiger partial charge >= 0.3 is 0 Å². The summed E-state index contributed by atoms with van der Waals surface area (Å²) in [7, 11) is 0. The summed E-state index contributed by atoms with van der Waals surface area (Å²) in [6, 6.07) is 65.9. The molecule has 0 amide bonds. The maximum atomic E-state index is 2.50. The summed E-state index contributed by atoms with van der Waals surface area (Å²) in [5.74, 6) is 0.395. The van der Waals surface area contributed by atoms with Crippen LogP contribution in [0.1, 0.15) is 40.3 Å². The van der Waals surface area contributed by atoms with Crippen LogP contribution in [0.4, 0.5) is 17.1 Å². The molecule has 0 saturated heterocycles. The van der Waals surface area contributed by atoms with Crippen molar-refractivity contribution < 1.29 is 0 Å². The molecule has 3 nitrogen and oxygen atoms in total. The molecule has 0 atom stereocenters. The molecule has 1 aliphatic rings. The zero-order valence-electron chi connectivity index (χ0n) is 35.0. The molecule has 1 aliphatic heterocycles. The van der Waals surface area contributed by atoms with Gasteiger partial charge in [0.15, 0.2) is 0 Å². The molecule has 0 unspecified atom stereocenters. The Morgan fingerprint density at radius 2 is 0.933 bits per heavy atom. The number of nitrogens with zero attached hydrogens (tertiary/aromatic N) is 3. The summed E-state index contributed by atoms with van der Waals surface area (Å²) in [5.41, 5.74) is 18.2. The van der Waals surface area contributed by atoms with Gasteiger partial charge in [0.05, 0.1) is 16.7 Å². The first kappa shape index (κ1) is 37.2. The second kappa shape index (κ2) is 14.9. The van der Waals surface area contributed by atoms with E-state index in [0.29, 0.717) is 5.92 Å². The van der Waals surface area contributed by atoms with E-state index in [1.54, 1.807) is 0 Å². The summed E-state index contributed by atoms with van der Waals surface area (Å²) in [5, 5.41) is 2.59. The lowest BCUT2D eigenvalue weighted by molar-refractivity contribution is 0.639. The molecule has 7 aromatic carbocycles. The molecule has 9 aromatic rings. The molecule has 0 spiro atoms. The lowest BCUT2D eigenvalue weighted by Crippen LogP contribution is -2.18. The zero-order chi connectivity index (χ0) is 41.0. The third kappa shape index (κ3) is 6.21. The molecule has 3 heteroatoms. The monoisotopic (exact) mass is 775 g/mol. The number of fused-ring (bicyclic) bond motifs is 5. The summed E-state index contributed by atoms with van der Waals surface area (Å²) >= 11 is 0. The van der Waals surface area contributed by atoms with Crippen LogP contribution in [-0.4, -0.2) is 9.13 Å². The number of allylic oxidation sites excluding steroid dienone is 4. The van der Waals surface area contributed by atoms with E-state index in [0.717, 1.165) is 17.1 Å². The highest BCUT2D eigenvalue weighted by molar-refractivity contribution is 6.12. The van der Waals surface area contributed by atoms with E-state index in [2.05, 4.69) is 249 Å². The number of aromatic nitrogens is 2. The van der Waals surface area contributed by atoms with Crippen LogP contribution in [0.15, 0.2) is 206 Å². The molecule has 0 saturated carbocycles. The molecule has 292 valence electrons. The third-order valence-corrected chi connectivity index (χ3v) is 12.4. The Morgan fingerprint density at radius 1 is 0.500 bits per heavy atom. The SMILES string of the molecule is C/C=C\C1=C(C(C)C)n2cc3c4ccccc4n(-c4ccc(-c5ccc(N(c6ccc(-c7ccccc7)cc6)c6ccc(-c7ccccc7)cc6)cc5)cc4)c3c2C1(C)C. The quantitative estimate of drug-likeness (QED) is 0.142. The maximum Gasteiger partial charge on any atom is 0.0763 e. The van der Waals surface area contributed by atoms with Gasteiger partial charge in [-0.1, -0.05) is 167 Å². The van der Waals surface area contributed by atoms with Gasteiger partial charge in [0, 0.05) is 50.8 Å². The number of anilines is 3. The van der Waals surface area contributed by atoms with Gasteiger partial charge < -0.3 is 14.0 Å². The Hall–Kier alpha value is -7.10. The molecule has 0 bridgehead atoms. The van der Waals surface area contributed by atoms with Crippen LogP contribution in [0, 0.1) is 5.92 Å². The first-order chi connectivity index (χ1) is 29.3. The topological polar surface area (TPSA) is 13.1 Å². The molecule has 2 aromatic heterocycles. The fourth-order valence-corrected chi connectivity index (χ4v) is 9.54. The molecule has 0 N–H and O–H groups in total. The van der Waals surface area contributed by atoms with E-state index in [1.165, 1.54) is 77.8 Å². The van der Waals surface area contributed by atoms with Crippen molar-refractivity contribution in [3.63, 3.8) is 0 Å². The number of hydrogen-bond donors (Lipinski definition) is 0. The standard InChI is InChI=1S/C57H49N3/c1-6-15-52-54(39(2)3)58-38-51-50-20-13-14-21-53(50)60(55(51)56(58)57(52,4)5)49-36-28-45(29-37-49)44-26-34-48(35-27-44)59(46-30-22-42(23-31-46)40-16-9-7-10-17-40)47-32-24-43(25-33-47)41-18-11-8-12-19-41/h6-39H,1-5H3/b15-6-. The minimum Gasteiger partial charge on any atom is -0.320 e. The highest BCUT2D eigenvalue weighted by Crippen LogP contribution is 2.51. The fraction of sp³-hybridized carbons (Fsp3) is 0.123. The van der Waals surface area contributed by atoms with Gasteiger partial charge in [0.25, 0.3) is 0 Å². The zero-order valence-corrected chi connectivity index (χ0v) is 35.0. The minimum absolute atomic E-state index is 0.149. The molecule has 60 heavy (non-hydrogen) atoms. The molecule has 0 fully saturated rings. The van der Waals surface area contributed by atoms with E-state index in [1.807, 2.05) is 0 Å². The number of benzene rings is 7. The second-order valence-electron chi connectivity index (χ2n) is 16.8. The van der Waals surface area contributed by atoms with Crippen molar-refractivity contribution >= 4 is 44.6 Å². The van der Waals surface area contributed by atoms with Crippen molar-refractivity contribution in [2.24, 2.45) is 5.92 Å². The molecule has 0 radical (unpaired) electrons. The Bertz CT molecular complexity index is 2950. The van der Waals surface area contributed by atoms with Crippen LogP contribution in [0.5, 0.6) is 0 Å². The lowest BCUT2D eigenvalue weighted by atomic mass is 9.80. The molecule has 0 aliphatic carbocycles. The van der Waals surface area contributed by atoms with E-state index in [4.69, 9.17) is 0 Å². The first-order valence-corrected chi connectivity index (χ1v) is 21.2. The van der Waals surface area contributed by atoms with Crippen LogP contribution in [-0.2, 0) is 5.41 Å². The van der Waals surface area contributed by atoms with Crippen molar-refractivity contribution in [3.05, 3.63) is 212 Å². The Labute approximate surface area is 353 Å². The van der Waals surface area contributed by atoms with Gasteiger partial charge in [0.2, 0.25) is 0 Å². The van der Waals surface area contributed by atoms with Crippen molar-refractivity contribution in [3.8, 4) is 39.1 Å². The summed E-state index contributed by atoms with van der Waals surface area (Å²) in [6.07, 6.45) is 6.91. The van der Waals surface area contributed by atoms with Gasteiger partial charge in [-0.15, -0.1) is 0 Å². The highest BCUT2D eigenvalue weighted by atomic mass is 15.1. The van der Waals surface area contributed by atoms with Gasteiger partial charge in [-0.3, -0.25) is 0 Å². The van der Waals surface area contributed by atoms with E-state index in [9.17, 15) is 0 Å². The molecule has 3 heterocycles. The average Bonchev–Trinajstić information content (AvgIpc) is 3.89. The van der Waals surface area contributed by atoms with Crippen molar-refractivity contribution in [2.45, 2.75) is 40.0 Å². The Morgan fingerprint density at radius 3 is 1.40 bits per heavy atom. The predicted octanol–water partition coefficient (Wildman–Crippen LogP) is 15.8. The lowest BCUT2D eigenvalue weighted by Gasteiger charge is -2.26. The molecular weight excluding hydrogens is 727 g/mol. The largest absolute Gasteiger partial charge is 0.320 e. The van der Waals surface area contributed by atoms with Crippen LogP contribution >= 0.6 is 0 Å². The third-order valence-electron chi connectivity index (χ3n) is 12.4. The Balaban J connectivity index is 1.01. The van der Waals surface area contributed by atoms with Gasteiger partial charge in [-0.2, -0.15) is 0 Å². The van der Waals surface area contributed by atoms with Crippen LogP contribution in [0.2, 0.25) is 0 Å². The average molecular weight is 776 g/mol. The van der Waals surface area contributed by atoms with Crippen molar-refractivity contribution in [1.29, 1.82) is 0 Å². The second-order valence-corrected chi connectivity index (χ2v) is 16.8. The van der Waals surface area contributed by atoms with Crippen molar-refractivity contribution in [1.82, 2.24) is 9.13 Å². The minimum atomic E-state index is -0.149. The maximum absolute atomic E-state index is 2.50. The van der Waals surface area contributed by atoms with Gasteiger partial charge in [-0.05, 0) is 106 Å². The first-order valence-electron chi connectivity index (χ1n) is 21.2. The van der Waals surface area contributed by atoms with Gasteiger partial charge in [-0.25, -0.2) is 0 Å². The van der Waals surface area contributed by atoms with E-state index in [-0.39, 0.29) is 5.41 Å². The van der Waals surface area contributed by atoms with Crippen molar-refractivity contribution in [2.75, 3.05) is 4.90 Å². The molecule has 10 rings (SSSR count). The van der Waals surface area contributed by atoms with Gasteiger partial charge in [0.1, 0.15) is 0 Å². The number of rotatable bonds is 9. The van der Waals surface area contributed by atoms with Crippen LogP contribution in [0.3, 0.4) is 0 Å². The summed E-state index contributed by atoms with van der Waals surface area (Å²) in [4.78, 5) is 2.35. The summed E-state index contributed by atoms with van der Waals surface area (Å²) in [6.45, 7) is 11.5. The predicted molar refractivity (Wildman–Crippen MR) is 256 cm³/mol. The van der Waals surface area contributed by atoms with Crippen LogP contribution < -0.4 is 4.90 Å². The van der Waals surface area contributed by atoms with Crippen LogP contribution in [0.25, 0.3) is 66.6 Å². The van der Waals surface area contributed by atoms with E-state index >= 15 is 0 Å². The number of para-hydroxylation sites is 1. The smallest absolute Gasteiger partial charge is 0.0763 e. The number of hydrogen-bond acceptors (Lipinski definition) is 1. The Kier molecular flexibility index (Phi) is 9.25. The highest BCUT2D eigenvalue weighted by Gasteiger charge is 2.41. The van der Waals surface area contributed by atoms with E-state index < -0.39 is 0 Å². The fourth-order valence-electron chi connectivity index (χ4n) is 9.54. The molecular formula is C57H49N3.